The highest BCUT2D eigenvalue weighted by Crippen LogP contribution is 2.10. The zero-order valence-electron chi connectivity index (χ0n) is 15.7. The molecule has 148 valence electrons. The SMILES string of the molecule is CN1CCC[C@@H](NC(=O)Cn2cc(C(=O)Nc3ccc(F)cc3)ccc2=O)C1. The van der Waals surface area contributed by atoms with Crippen LogP contribution in [0.25, 0.3) is 0 Å². The van der Waals surface area contributed by atoms with E-state index >= 15 is 0 Å². The summed E-state index contributed by atoms with van der Waals surface area (Å²) in [6.07, 6.45) is 3.28. The van der Waals surface area contributed by atoms with Gasteiger partial charge in [0.25, 0.3) is 11.5 Å². The minimum Gasteiger partial charge on any atom is -0.351 e. The monoisotopic (exact) mass is 386 g/mol. The van der Waals surface area contributed by atoms with Gasteiger partial charge in [-0.25, -0.2) is 4.39 Å². The van der Waals surface area contributed by atoms with Crippen molar-refractivity contribution >= 4 is 17.5 Å². The summed E-state index contributed by atoms with van der Waals surface area (Å²) in [5.41, 5.74) is 0.298. The maximum Gasteiger partial charge on any atom is 0.257 e. The van der Waals surface area contributed by atoms with Gasteiger partial charge in [0, 0.05) is 30.5 Å². The normalized spacial score (nSPS) is 17.1. The molecule has 2 aromatic rings. The molecule has 1 fully saturated rings. The van der Waals surface area contributed by atoms with E-state index < -0.39 is 11.7 Å². The van der Waals surface area contributed by atoms with Crippen molar-refractivity contribution in [1.29, 1.82) is 0 Å². The van der Waals surface area contributed by atoms with E-state index in [4.69, 9.17) is 0 Å². The topological polar surface area (TPSA) is 83.4 Å². The fraction of sp³-hybridized carbons (Fsp3) is 0.350. The first kappa shape index (κ1) is 19.8. The number of carbonyl (C=O) groups is 2. The number of aromatic nitrogens is 1. The number of hydrogen-bond donors (Lipinski definition) is 2. The van der Waals surface area contributed by atoms with Crippen molar-refractivity contribution in [2.24, 2.45) is 0 Å². The van der Waals surface area contributed by atoms with Gasteiger partial charge in [0.1, 0.15) is 12.4 Å². The molecule has 8 heteroatoms. The molecule has 7 nitrogen and oxygen atoms in total. The van der Waals surface area contributed by atoms with Crippen LogP contribution in [0.4, 0.5) is 10.1 Å². The summed E-state index contributed by atoms with van der Waals surface area (Å²) in [5, 5.41) is 5.57. The summed E-state index contributed by atoms with van der Waals surface area (Å²) in [7, 11) is 2.01. The summed E-state index contributed by atoms with van der Waals surface area (Å²) in [5.74, 6) is -1.12. The number of nitrogens with zero attached hydrogens (tertiary/aromatic N) is 2. The number of nitrogens with one attached hydrogen (secondary N) is 2. The third kappa shape index (κ3) is 5.26. The van der Waals surface area contributed by atoms with Crippen LogP contribution >= 0.6 is 0 Å². The lowest BCUT2D eigenvalue weighted by Gasteiger charge is -2.30. The summed E-state index contributed by atoms with van der Waals surface area (Å²) in [4.78, 5) is 38.9. The van der Waals surface area contributed by atoms with Gasteiger partial charge in [-0.3, -0.25) is 14.4 Å². The molecule has 1 saturated heterocycles. The van der Waals surface area contributed by atoms with Crippen LogP contribution in [0.15, 0.2) is 47.4 Å². The second kappa shape index (κ2) is 8.79. The standard InChI is InChI=1S/C20H23FN4O3/c1-24-10-2-3-17(12-24)22-18(26)13-25-11-14(4-9-19(25)27)20(28)23-16-7-5-15(21)6-8-16/h4-9,11,17H,2-3,10,12-13H2,1H3,(H,22,26)(H,23,28)/t17-/m1/s1. The highest BCUT2D eigenvalue weighted by molar-refractivity contribution is 6.04. The summed E-state index contributed by atoms with van der Waals surface area (Å²) in [6, 6.07) is 8.07. The number of halogens is 1. The van der Waals surface area contributed by atoms with Crippen molar-refractivity contribution < 1.29 is 14.0 Å². The maximum absolute atomic E-state index is 13.0. The molecular weight excluding hydrogens is 363 g/mol. The van der Waals surface area contributed by atoms with Crippen LogP contribution in [0.3, 0.4) is 0 Å². The number of carbonyl (C=O) groups excluding carboxylic acids is 2. The lowest BCUT2D eigenvalue weighted by Crippen LogP contribution is -2.47. The predicted octanol–water partition coefficient (Wildman–Crippen LogP) is 1.45. The van der Waals surface area contributed by atoms with Gasteiger partial charge in [-0.1, -0.05) is 0 Å². The van der Waals surface area contributed by atoms with Gasteiger partial charge >= 0.3 is 0 Å². The van der Waals surface area contributed by atoms with Gasteiger partial charge in [-0.2, -0.15) is 0 Å². The molecule has 0 spiro atoms. The number of hydrogen-bond acceptors (Lipinski definition) is 4. The van der Waals surface area contributed by atoms with Gasteiger partial charge in [0.2, 0.25) is 5.91 Å². The largest absolute Gasteiger partial charge is 0.351 e. The Morgan fingerprint density at radius 3 is 2.64 bits per heavy atom. The van der Waals surface area contributed by atoms with E-state index in [0.717, 1.165) is 25.9 Å². The number of amides is 2. The highest BCUT2D eigenvalue weighted by atomic mass is 19.1. The first-order chi connectivity index (χ1) is 13.4. The van der Waals surface area contributed by atoms with Crippen LogP contribution in [0.2, 0.25) is 0 Å². The molecule has 2 heterocycles. The molecule has 28 heavy (non-hydrogen) atoms. The number of benzene rings is 1. The Kier molecular flexibility index (Phi) is 6.20. The van der Waals surface area contributed by atoms with Crippen LogP contribution in [-0.4, -0.2) is 47.5 Å². The van der Waals surface area contributed by atoms with Crippen molar-refractivity contribution in [2.45, 2.75) is 25.4 Å². The third-order valence-electron chi connectivity index (χ3n) is 4.65. The fourth-order valence-electron chi connectivity index (χ4n) is 3.24. The first-order valence-electron chi connectivity index (χ1n) is 9.16. The Hall–Kier alpha value is -3.00. The maximum atomic E-state index is 13.0. The number of likely N-dealkylation sites (N-methyl/N-ethyl adjacent to an activating group) is 1. The summed E-state index contributed by atoms with van der Waals surface area (Å²) >= 11 is 0. The lowest BCUT2D eigenvalue weighted by atomic mass is 10.1. The first-order valence-corrected chi connectivity index (χ1v) is 9.16. The lowest BCUT2D eigenvalue weighted by molar-refractivity contribution is -0.122. The van der Waals surface area contributed by atoms with E-state index in [1.807, 2.05) is 7.05 Å². The summed E-state index contributed by atoms with van der Waals surface area (Å²) < 4.78 is 14.2. The molecule has 3 rings (SSSR count). The third-order valence-corrected chi connectivity index (χ3v) is 4.65. The van der Waals surface area contributed by atoms with Gasteiger partial charge in [0.05, 0.1) is 5.56 Å². The minimum absolute atomic E-state index is 0.0620. The number of rotatable bonds is 5. The van der Waals surface area contributed by atoms with Crippen LogP contribution in [0, 0.1) is 5.82 Å². The van der Waals surface area contributed by atoms with E-state index in [1.54, 1.807) is 0 Å². The van der Waals surface area contributed by atoms with Crippen LogP contribution in [0.1, 0.15) is 23.2 Å². The predicted molar refractivity (Wildman–Crippen MR) is 104 cm³/mol. The molecule has 0 bridgehead atoms. The molecule has 1 aromatic carbocycles. The molecule has 2 N–H and O–H groups in total. The Balaban J connectivity index is 1.65. The fourth-order valence-corrected chi connectivity index (χ4v) is 3.24. The molecule has 2 amide bonds. The molecule has 1 aliphatic heterocycles. The van der Waals surface area contributed by atoms with Gasteiger partial charge in [-0.15, -0.1) is 0 Å². The van der Waals surface area contributed by atoms with Gasteiger partial charge in [0.15, 0.2) is 0 Å². The quantitative estimate of drug-likeness (QED) is 0.815. The Morgan fingerprint density at radius 2 is 1.93 bits per heavy atom. The Labute approximate surface area is 162 Å². The molecule has 0 aliphatic carbocycles. The van der Waals surface area contributed by atoms with E-state index in [2.05, 4.69) is 15.5 Å². The second-order valence-electron chi connectivity index (χ2n) is 7.01. The molecule has 1 atom stereocenters. The van der Waals surface area contributed by atoms with E-state index in [9.17, 15) is 18.8 Å². The smallest absolute Gasteiger partial charge is 0.257 e. The molecule has 1 aromatic heterocycles. The molecule has 0 unspecified atom stereocenters. The summed E-state index contributed by atoms with van der Waals surface area (Å²) in [6.45, 7) is 1.63. The molecule has 1 aliphatic rings. The molecule has 0 saturated carbocycles. The van der Waals surface area contributed by atoms with Crippen molar-refractivity contribution in [2.75, 3.05) is 25.5 Å². The number of pyridine rings is 1. The highest BCUT2D eigenvalue weighted by Gasteiger charge is 2.19. The van der Waals surface area contributed by atoms with Crippen molar-refractivity contribution in [1.82, 2.24) is 14.8 Å². The Bertz CT molecular complexity index is 910. The van der Waals surface area contributed by atoms with Crippen molar-refractivity contribution in [3.63, 3.8) is 0 Å². The molecular formula is C20H23FN4O3. The van der Waals surface area contributed by atoms with Gasteiger partial charge < -0.3 is 20.1 Å². The average molecular weight is 386 g/mol. The number of anilines is 1. The van der Waals surface area contributed by atoms with E-state index in [0.29, 0.717) is 5.69 Å². The van der Waals surface area contributed by atoms with Crippen LogP contribution in [0.5, 0.6) is 0 Å². The number of likely N-dealkylation sites (tertiary alicyclic amines) is 1. The Morgan fingerprint density at radius 1 is 1.18 bits per heavy atom. The van der Waals surface area contributed by atoms with E-state index in [1.165, 1.54) is 47.2 Å². The van der Waals surface area contributed by atoms with E-state index in [-0.39, 0.29) is 29.6 Å². The van der Waals surface area contributed by atoms with Crippen molar-refractivity contribution in [3.05, 3.63) is 64.3 Å². The van der Waals surface area contributed by atoms with Crippen molar-refractivity contribution in [3.8, 4) is 0 Å². The van der Waals surface area contributed by atoms with Crippen LogP contribution < -0.4 is 16.2 Å². The molecule has 0 radical (unpaired) electrons. The second-order valence-corrected chi connectivity index (χ2v) is 7.01. The zero-order chi connectivity index (χ0) is 20.1. The zero-order valence-corrected chi connectivity index (χ0v) is 15.7. The van der Waals surface area contributed by atoms with Gasteiger partial charge in [-0.05, 0) is 56.8 Å². The average Bonchev–Trinajstić information content (AvgIpc) is 2.65. The number of piperidine rings is 1. The van der Waals surface area contributed by atoms with Crippen LogP contribution in [-0.2, 0) is 11.3 Å². The minimum atomic E-state index is -0.449.